The topological polar surface area (TPSA) is 12.0 Å². The van der Waals surface area contributed by atoms with Crippen molar-refractivity contribution in [3.63, 3.8) is 0 Å². The highest BCUT2D eigenvalue weighted by molar-refractivity contribution is 7.21. The van der Waals surface area contributed by atoms with E-state index >= 15 is 0 Å². The molecule has 158 valence electrons. The van der Waals surface area contributed by atoms with Crippen molar-refractivity contribution >= 4 is 34.0 Å². The molecular formula is C30H21NS2. The third-order valence-corrected chi connectivity index (χ3v) is 10.1. The number of nitrogens with one attached hydrogen (secondary N) is 1. The molecule has 33 heavy (non-hydrogen) atoms. The van der Waals surface area contributed by atoms with Gasteiger partial charge < -0.3 is 5.32 Å². The Kier molecular flexibility index (Phi) is 3.25. The fourth-order valence-corrected chi connectivity index (χ4v) is 8.76. The molecule has 0 radical (unpaired) electrons. The average Bonchev–Trinajstić information content (AvgIpc) is 3.58. The summed E-state index contributed by atoms with van der Waals surface area (Å²) in [5, 5.41) is 8.38. The quantitative estimate of drug-likeness (QED) is 0.240. The lowest BCUT2D eigenvalue weighted by Crippen LogP contribution is -2.33. The van der Waals surface area contributed by atoms with Gasteiger partial charge in [0.2, 0.25) is 0 Å². The minimum atomic E-state index is -0.265. The van der Waals surface area contributed by atoms with Gasteiger partial charge in [-0.05, 0) is 85.6 Å². The van der Waals surface area contributed by atoms with E-state index < -0.39 is 0 Å². The SMILES string of the molecule is CC1(C)c2ccccc2-c2cc3c(cc21)Nc1ccccc1C31c2ccsc2-c2sccc21. The summed E-state index contributed by atoms with van der Waals surface area (Å²) in [5.41, 5.74) is 13.4. The van der Waals surface area contributed by atoms with Gasteiger partial charge in [0.25, 0.3) is 0 Å². The van der Waals surface area contributed by atoms with Crippen molar-refractivity contribution in [2.24, 2.45) is 0 Å². The lowest BCUT2D eigenvalue weighted by atomic mass is 9.65. The fraction of sp³-hybridized carbons (Fsp3) is 0.133. The van der Waals surface area contributed by atoms with Crippen LogP contribution in [0.5, 0.6) is 0 Å². The first kappa shape index (κ1) is 18.3. The second-order valence-corrected chi connectivity index (χ2v) is 11.7. The molecule has 3 heterocycles. The molecule has 3 heteroatoms. The van der Waals surface area contributed by atoms with Crippen LogP contribution in [0.15, 0.2) is 83.6 Å². The summed E-state index contributed by atoms with van der Waals surface area (Å²) in [5.74, 6) is 0. The smallest absolute Gasteiger partial charge is 0.0770 e. The van der Waals surface area contributed by atoms with Crippen molar-refractivity contribution in [1.82, 2.24) is 0 Å². The van der Waals surface area contributed by atoms with Gasteiger partial charge in [-0.3, -0.25) is 0 Å². The maximum Gasteiger partial charge on any atom is 0.0770 e. The molecule has 0 amide bonds. The van der Waals surface area contributed by atoms with Crippen molar-refractivity contribution in [3.05, 3.63) is 117 Å². The molecule has 8 rings (SSSR count). The lowest BCUT2D eigenvalue weighted by Gasteiger charge is -2.40. The van der Waals surface area contributed by atoms with Crippen LogP contribution < -0.4 is 5.32 Å². The highest BCUT2D eigenvalue weighted by Gasteiger charge is 2.52. The van der Waals surface area contributed by atoms with Gasteiger partial charge in [0.15, 0.2) is 0 Å². The van der Waals surface area contributed by atoms with E-state index in [0.717, 1.165) is 0 Å². The highest BCUT2D eigenvalue weighted by Crippen LogP contribution is 2.64. The number of hydrogen-bond donors (Lipinski definition) is 1. The van der Waals surface area contributed by atoms with E-state index in [1.807, 2.05) is 22.7 Å². The zero-order valence-corrected chi connectivity index (χ0v) is 20.0. The minimum absolute atomic E-state index is 0.0104. The number of fused-ring (bicyclic) bond motifs is 12. The largest absolute Gasteiger partial charge is 0.355 e. The molecule has 3 aromatic carbocycles. The van der Waals surface area contributed by atoms with Crippen LogP contribution in [0.2, 0.25) is 0 Å². The van der Waals surface area contributed by atoms with Gasteiger partial charge in [0.1, 0.15) is 0 Å². The van der Waals surface area contributed by atoms with Crippen LogP contribution in [0.1, 0.15) is 47.2 Å². The summed E-state index contributed by atoms with van der Waals surface area (Å²) < 4.78 is 0. The van der Waals surface area contributed by atoms with Gasteiger partial charge in [0, 0.05) is 26.5 Å². The maximum absolute atomic E-state index is 3.84. The second kappa shape index (κ2) is 5.85. The number of thiophene rings is 2. The van der Waals surface area contributed by atoms with E-state index in [4.69, 9.17) is 0 Å². The Morgan fingerprint density at radius 3 is 2.00 bits per heavy atom. The molecule has 1 nitrogen and oxygen atoms in total. The van der Waals surface area contributed by atoms with E-state index in [-0.39, 0.29) is 10.8 Å². The monoisotopic (exact) mass is 459 g/mol. The molecule has 0 fully saturated rings. The zero-order chi connectivity index (χ0) is 21.9. The summed E-state index contributed by atoms with van der Waals surface area (Å²) >= 11 is 3.76. The van der Waals surface area contributed by atoms with Gasteiger partial charge >= 0.3 is 0 Å². The van der Waals surface area contributed by atoms with Crippen molar-refractivity contribution < 1.29 is 0 Å². The summed E-state index contributed by atoms with van der Waals surface area (Å²) in [4.78, 5) is 2.87. The van der Waals surface area contributed by atoms with Crippen LogP contribution in [-0.2, 0) is 10.8 Å². The normalized spacial score (nSPS) is 16.9. The maximum atomic E-state index is 3.84. The van der Waals surface area contributed by atoms with E-state index in [1.54, 1.807) is 0 Å². The molecular weight excluding hydrogens is 438 g/mol. The summed E-state index contributed by atoms with van der Waals surface area (Å²) in [6.07, 6.45) is 0. The molecule has 2 aromatic heterocycles. The zero-order valence-electron chi connectivity index (χ0n) is 18.4. The van der Waals surface area contributed by atoms with E-state index in [2.05, 4.69) is 103 Å². The summed E-state index contributed by atoms with van der Waals surface area (Å²) in [6, 6.07) is 27.5. The average molecular weight is 460 g/mol. The predicted molar refractivity (Wildman–Crippen MR) is 140 cm³/mol. The Morgan fingerprint density at radius 2 is 1.24 bits per heavy atom. The van der Waals surface area contributed by atoms with Gasteiger partial charge in [-0.25, -0.2) is 0 Å². The molecule has 1 spiro atoms. The molecule has 1 aliphatic heterocycles. The van der Waals surface area contributed by atoms with Gasteiger partial charge in [-0.1, -0.05) is 56.3 Å². The second-order valence-electron chi connectivity index (χ2n) is 9.86. The number of para-hydroxylation sites is 1. The molecule has 0 atom stereocenters. The van der Waals surface area contributed by atoms with Gasteiger partial charge in [-0.15, -0.1) is 22.7 Å². The standard InChI is InChI=1S/C30H21NS2/c1-29(2)19-8-4-3-7-17(19)18-15-24-26(16-23(18)29)31-25-10-6-5-9-20(25)30(24)21-11-13-32-27(21)28-22(30)12-14-33-28/h3-16,31H,1-2H3. The van der Waals surface area contributed by atoms with E-state index in [0.29, 0.717) is 0 Å². The molecule has 0 saturated heterocycles. The molecule has 0 bridgehead atoms. The number of hydrogen-bond acceptors (Lipinski definition) is 3. The Hall–Kier alpha value is -3.14. The Balaban J connectivity index is 1.54. The summed E-state index contributed by atoms with van der Waals surface area (Å²) in [6.45, 7) is 4.72. The molecule has 0 saturated carbocycles. The van der Waals surface area contributed by atoms with E-state index in [9.17, 15) is 0 Å². The number of anilines is 2. The molecule has 5 aromatic rings. The van der Waals surface area contributed by atoms with Crippen LogP contribution in [0.25, 0.3) is 20.9 Å². The Bertz CT molecular complexity index is 1590. The number of benzene rings is 3. The minimum Gasteiger partial charge on any atom is -0.355 e. The first-order valence-electron chi connectivity index (χ1n) is 11.4. The van der Waals surface area contributed by atoms with Gasteiger partial charge in [0.05, 0.1) is 5.41 Å². The summed E-state index contributed by atoms with van der Waals surface area (Å²) in [7, 11) is 0. The Labute approximate surface area is 201 Å². The predicted octanol–water partition coefficient (Wildman–Crippen LogP) is 8.54. The van der Waals surface area contributed by atoms with Crippen LogP contribution in [0.4, 0.5) is 11.4 Å². The fourth-order valence-electron chi connectivity index (χ4n) is 6.66. The van der Waals surface area contributed by atoms with Crippen molar-refractivity contribution in [3.8, 4) is 20.9 Å². The molecule has 2 aliphatic carbocycles. The molecule has 0 unspecified atom stereocenters. The van der Waals surface area contributed by atoms with Crippen LogP contribution >= 0.6 is 22.7 Å². The molecule has 3 aliphatic rings. The third-order valence-electron chi connectivity index (χ3n) is 8.07. The first-order chi connectivity index (χ1) is 16.1. The van der Waals surface area contributed by atoms with Crippen molar-refractivity contribution in [1.29, 1.82) is 0 Å². The van der Waals surface area contributed by atoms with Crippen LogP contribution in [0, 0.1) is 0 Å². The van der Waals surface area contributed by atoms with Crippen LogP contribution in [-0.4, -0.2) is 0 Å². The van der Waals surface area contributed by atoms with Crippen LogP contribution in [0.3, 0.4) is 0 Å². The van der Waals surface area contributed by atoms with Crippen molar-refractivity contribution in [2.75, 3.05) is 5.32 Å². The van der Waals surface area contributed by atoms with E-state index in [1.165, 1.54) is 65.6 Å². The molecule has 1 N–H and O–H groups in total. The third kappa shape index (κ3) is 1.97. The lowest BCUT2D eigenvalue weighted by molar-refractivity contribution is 0.659. The van der Waals surface area contributed by atoms with Gasteiger partial charge in [-0.2, -0.15) is 0 Å². The van der Waals surface area contributed by atoms with Crippen molar-refractivity contribution in [2.45, 2.75) is 24.7 Å². The number of rotatable bonds is 0. The first-order valence-corrected chi connectivity index (χ1v) is 13.2. The highest BCUT2D eigenvalue weighted by atomic mass is 32.1. The Morgan fingerprint density at radius 1 is 0.576 bits per heavy atom.